The molecule has 10 heteroatoms. The van der Waals surface area contributed by atoms with Crippen LogP contribution < -0.4 is 0 Å². The number of Topliss-reactive ketones (excluding diaryl/α,β-unsaturated/α-hetero) is 1. The second kappa shape index (κ2) is 9.38. The van der Waals surface area contributed by atoms with Gasteiger partial charge in [0.1, 0.15) is 17.8 Å². The maximum absolute atomic E-state index is 13.7. The molecule has 5 rings (SSSR count). The third-order valence-corrected chi connectivity index (χ3v) is 8.87. The number of nitrogens with one attached hydrogen (secondary N) is 1. The molecule has 0 radical (unpaired) electrons. The van der Waals surface area contributed by atoms with E-state index in [1.165, 1.54) is 12.7 Å². The van der Waals surface area contributed by atoms with E-state index in [0.717, 1.165) is 31.2 Å². The van der Waals surface area contributed by atoms with Crippen LogP contribution in [-0.4, -0.2) is 45.7 Å². The van der Waals surface area contributed by atoms with Gasteiger partial charge in [-0.05, 0) is 42.7 Å². The minimum atomic E-state index is -3.81. The number of sulfone groups is 1. The molecule has 1 aromatic carbocycles. The smallest absolute Gasteiger partial charge is 0.318 e. The van der Waals surface area contributed by atoms with Crippen LogP contribution >= 0.6 is 0 Å². The fraction of sp³-hybridized carbons (Fsp3) is 0.500. The van der Waals surface area contributed by atoms with Crippen LogP contribution in [0.3, 0.4) is 0 Å². The van der Waals surface area contributed by atoms with Crippen molar-refractivity contribution in [2.45, 2.75) is 74.7 Å². The van der Waals surface area contributed by atoms with Gasteiger partial charge in [0.25, 0.3) is 0 Å². The number of H-pyrrole nitrogens is 1. The van der Waals surface area contributed by atoms with Gasteiger partial charge < -0.3 is 9.72 Å². The zero-order chi connectivity index (χ0) is 25.5. The number of fused-ring (bicyclic) bond motifs is 1. The van der Waals surface area contributed by atoms with Gasteiger partial charge >= 0.3 is 5.97 Å². The lowest BCUT2D eigenvalue weighted by atomic mass is 9.75. The van der Waals surface area contributed by atoms with E-state index in [4.69, 9.17) is 4.74 Å². The summed E-state index contributed by atoms with van der Waals surface area (Å²) in [6.07, 6.45) is 6.98. The van der Waals surface area contributed by atoms with Crippen molar-refractivity contribution in [3.05, 3.63) is 48.0 Å². The van der Waals surface area contributed by atoms with Crippen molar-refractivity contribution >= 4 is 32.8 Å². The lowest BCUT2D eigenvalue weighted by molar-refractivity contribution is -0.154. The first kappa shape index (κ1) is 24.5. The summed E-state index contributed by atoms with van der Waals surface area (Å²) in [4.78, 5) is 41.6. The molecule has 1 saturated carbocycles. The molecule has 3 heterocycles. The number of rotatable bonds is 10. The average molecular weight is 511 g/mol. The van der Waals surface area contributed by atoms with Crippen LogP contribution in [0.15, 0.2) is 41.9 Å². The standard InChI is InChI=1S/C26H30N4O5S/c1-3-10-26(11-4-2)22(31)20(25(32)35-26)19(17-8-9-17)18-7-5-6-16(12-18)13-36(33,34)24-21-23(28-14-27-21)29-15-30-24/h5-7,12,14-15,17,19-20H,3-4,8-11,13H2,1-2H3,(H,27,28,29,30). The van der Waals surface area contributed by atoms with E-state index in [-0.39, 0.29) is 39.6 Å². The number of imidazole rings is 1. The zero-order valence-electron chi connectivity index (χ0n) is 20.4. The van der Waals surface area contributed by atoms with Crippen molar-refractivity contribution in [2.75, 3.05) is 0 Å². The number of ketones is 1. The van der Waals surface area contributed by atoms with Crippen LogP contribution in [0.2, 0.25) is 0 Å². The number of nitrogens with zero attached hydrogens (tertiary/aromatic N) is 3. The number of hydrogen-bond donors (Lipinski definition) is 1. The van der Waals surface area contributed by atoms with Crippen LogP contribution in [0.1, 0.15) is 69.4 Å². The number of benzene rings is 1. The zero-order valence-corrected chi connectivity index (χ0v) is 21.3. The number of esters is 1. The average Bonchev–Trinajstić information content (AvgIpc) is 3.50. The number of carbonyl (C=O) groups excluding carboxylic acids is 2. The van der Waals surface area contributed by atoms with Crippen molar-refractivity contribution in [3.8, 4) is 0 Å². The molecule has 0 amide bonds. The summed E-state index contributed by atoms with van der Waals surface area (Å²) < 4.78 is 32.4. The summed E-state index contributed by atoms with van der Waals surface area (Å²) in [5.41, 5.74) is 0.885. The molecule has 3 aromatic rings. The van der Waals surface area contributed by atoms with Crippen molar-refractivity contribution in [1.82, 2.24) is 19.9 Å². The van der Waals surface area contributed by atoms with E-state index >= 15 is 0 Å². The van der Waals surface area contributed by atoms with Crippen LogP contribution in [0.4, 0.5) is 0 Å². The molecule has 1 saturated heterocycles. The maximum Gasteiger partial charge on any atom is 0.318 e. The predicted molar refractivity (Wildman–Crippen MR) is 132 cm³/mol. The first-order valence-electron chi connectivity index (χ1n) is 12.5. The highest BCUT2D eigenvalue weighted by molar-refractivity contribution is 7.90. The molecule has 2 aliphatic rings. The Morgan fingerprint density at radius 2 is 1.86 bits per heavy atom. The van der Waals surface area contributed by atoms with E-state index < -0.39 is 27.3 Å². The maximum atomic E-state index is 13.7. The molecule has 1 N–H and O–H groups in total. The largest absolute Gasteiger partial charge is 0.450 e. The summed E-state index contributed by atoms with van der Waals surface area (Å²) in [7, 11) is -3.81. The molecule has 2 aromatic heterocycles. The summed E-state index contributed by atoms with van der Waals surface area (Å²) in [6, 6.07) is 7.23. The quantitative estimate of drug-likeness (QED) is 0.247. The van der Waals surface area contributed by atoms with Gasteiger partial charge in [-0.2, -0.15) is 0 Å². The first-order chi connectivity index (χ1) is 17.3. The number of aromatic nitrogens is 4. The van der Waals surface area contributed by atoms with Gasteiger partial charge in [-0.3, -0.25) is 9.59 Å². The van der Waals surface area contributed by atoms with Crippen molar-refractivity contribution in [2.24, 2.45) is 11.8 Å². The molecule has 190 valence electrons. The Kier molecular flexibility index (Phi) is 6.40. The Hall–Kier alpha value is -3.14. The second-order valence-electron chi connectivity index (χ2n) is 9.90. The molecular weight excluding hydrogens is 480 g/mol. The van der Waals surface area contributed by atoms with Crippen molar-refractivity contribution < 1.29 is 22.7 Å². The molecule has 2 fully saturated rings. The molecule has 9 nitrogen and oxygen atoms in total. The Labute approximate surface area is 210 Å². The molecule has 2 atom stereocenters. The Morgan fingerprint density at radius 3 is 2.56 bits per heavy atom. The number of carbonyl (C=O) groups is 2. The van der Waals surface area contributed by atoms with E-state index in [0.29, 0.717) is 18.4 Å². The summed E-state index contributed by atoms with van der Waals surface area (Å²) in [6.45, 7) is 3.98. The second-order valence-corrected chi connectivity index (χ2v) is 11.8. The number of cyclic esters (lactones) is 1. The van der Waals surface area contributed by atoms with Gasteiger partial charge in [0.15, 0.2) is 22.1 Å². The minimum Gasteiger partial charge on any atom is -0.450 e. The van der Waals surface area contributed by atoms with Gasteiger partial charge in [-0.25, -0.2) is 23.4 Å². The van der Waals surface area contributed by atoms with E-state index in [2.05, 4.69) is 19.9 Å². The number of aromatic amines is 1. The van der Waals surface area contributed by atoms with Gasteiger partial charge in [0.2, 0.25) is 9.84 Å². The van der Waals surface area contributed by atoms with Gasteiger partial charge in [0.05, 0.1) is 12.1 Å². The summed E-state index contributed by atoms with van der Waals surface area (Å²) in [5.74, 6) is -1.81. The third kappa shape index (κ3) is 4.31. The highest BCUT2D eigenvalue weighted by Crippen LogP contribution is 2.51. The summed E-state index contributed by atoms with van der Waals surface area (Å²) in [5, 5.41) is -0.104. The van der Waals surface area contributed by atoms with Crippen LogP contribution in [0, 0.1) is 11.8 Å². The molecule has 0 bridgehead atoms. The molecule has 1 aliphatic carbocycles. The third-order valence-electron chi connectivity index (χ3n) is 7.25. The van der Waals surface area contributed by atoms with Crippen molar-refractivity contribution in [3.63, 3.8) is 0 Å². The molecule has 36 heavy (non-hydrogen) atoms. The molecule has 0 spiro atoms. The Balaban J connectivity index is 1.47. The topological polar surface area (TPSA) is 132 Å². The highest BCUT2D eigenvalue weighted by Gasteiger charge is 2.58. The van der Waals surface area contributed by atoms with Crippen LogP contribution in [0.25, 0.3) is 11.2 Å². The van der Waals surface area contributed by atoms with E-state index in [1.54, 1.807) is 12.1 Å². The SMILES string of the molecule is CCCC1(CCC)OC(=O)C(C(c2cccc(CS(=O)(=O)c3ncnc4nc[nH]c34)c2)C2CC2)C1=O. The Morgan fingerprint density at radius 1 is 1.11 bits per heavy atom. The minimum absolute atomic E-state index is 0.104. The Bertz CT molecular complexity index is 1410. The first-order valence-corrected chi connectivity index (χ1v) is 14.2. The van der Waals surface area contributed by atoms with E-state index in [9.17, 15) is 18.0 Å². The lowest BCUT2D eigenvalue weighted by Crippen LogP contribution is -2.38. The van der Waals surface area contributed by atoms with Crippen molar-refractivity contribution in [1.29, 1.82) is 0 Å². The highest BCUT2D eigenvalue weighted by atomic mass is 32.2. The van der Waals surface area contributed by atoms with Crippen LogP contribution in [0.5, 0.6) is 0 Å². The molecular formula is C26H30N4O5S. The number of ether oxygens (including phenoxy) is 1. The van der Waals surface area contributed by atoms with Gasteiger partial charge in [0, 0.05) is 5.92 Å². The normalized spacial score (nSPS) is 20.6. The van der Waals surface area contributed by atoms with Crippen LogP contribution in [-0.2, 0) is 29.9 Å². The fourth-order valence-electron chi connectivity index (χ4n) is 5.64. The molecule has 2 unspecified atom stereocenters. The fourth-order valence-corrected chi connectivity index (χ4v) is 7.06. The van der Waals surface area contributed by atoms with Gasteiger partial charge in [-0.15, -0.1) is 0 Å². The lowest BCUT2D eigenvalue weighted by Gasteiger charge is -2.26. The van der Waals surface area contributed by atoms with E-state index in [1.807, 2.05) is 26.0 Å². The van der Waals surface area contributed by atoms with Gasteiger partial charge in [-0.1, -0.05) is 51.0 Å². The summed E-state index contributed by atoms with van der Waals surface area (Å²) >= 11 is 0. The predicted octanol–water partition coefficient (Wildman–Crippen LogP) is 3.90. The number of hydrogen-bond acceptors (Lipinski definition) is 8. The monoisotopic (exact) mass is 510 g/mol. The molecule has 1 aliphatic heterocycles.